The number of carbonyl (C=O) groups is 1. The number of nitrogens with zero attached hydrogens (tertiary/aromatic N) is 6. The van der Waals surface area contributed by atoms with Crippen LogP contribution in [-0.2, 0) is 9.47 Å². The van der Waals surface area contributed by atoms with E-state index >= 15 is 0 Å². The molecule has 4 unspecified atom stereocenters. The minimum atomic E-state index is -0.278. The van der Waals surface area contributed by atoms with Crippen molar-refractivity contribution in [3.8, 4) is 11.4 Å². The van der Waals surface area contributed by atoms with E-state index in [2.05, 4.69) is 55.5 Å². The van der Waals surface area contributed by atoms with Crippen LogP contribution < -0.4 is 25.3 Å². The number of urea groups is 1. The van der Waals surface area contributed by atoms with Crippen LogP contribution >= 0.6 is 0 Å². The number of amides is 2. The van der Waals surface area contributed by atoms with Gasteiger partial charge in [-0.25, -0.2) is 14.8 Å². The first-order chi connectivity index (χ1) is 22.0. The predicted octanol–water partition coefficient (Wildman–Crippen LogP) is 4.27. The normalized spacial score (nSPS) is 26.3. The summed E-state index contributed by atoms with van der Waals surface area (Å²) in [6.45, 7) is 7.58. The van der Waals surface area contributed by atoms with Gasteiger partial charge in [-0.15, -0.1) is 0 Å². The van der Waals surface area contributed by atoms with Gasteiger partial charge in [-0.05, 0) is 81.3 Å². The third-order valence-corrected chi connectivity index (χ3v) is 9.83. The number of carbonyl (C=O) groups excluding carboxylic acids is 1. The van der Waals surface area contributed by atoms with Crippen molar-refractivity contribution in [2.45, 2.75) is 50.1 Å². The number of hydrogen-bond acceptors (Lipinski definition) is 9. The maximum atomic E-state index is 12.8. The van der Waals surface area contributed by atoms with E-state index < -0.39 is 0 Å². The Morgan fingerprint density at radius 2 is 1.13 bits per heavy atom. The molecule has 6 heterocycles. The molecule has 4 atom stereocenters. The molecule has 11 heteroatoms. The molecule has 2 aromatic carbocycles. The number of anilines is 5. The maximum Gasteiger partial charge on any atom is 0.323 e. The van der Waals surface area contributed by atoms with Gasteiger partial charge in [-0.1, -0.05) is 0 Å². The van der Waals surface area contributed by atoms with Gasteiger partial charge in [0, 0.05) is 81.1 Å². The van der Waals surface area contributed by atoms with Crippen molar-refractivity contribution in [3.05, 3.63) is 54.6 Å². The molecule has 4 bridgehead atoms. The first kappa shape index (κ1) is 28.5. The van der Waals surface area contributed by atoms with Gasteiger partial charge in [-0.2, -0.15) is 0 Å². The molecule has 236 valence electrons. The average Bonchev–Trinajstić information content (AvgIpc) is 3.59. The molecule has 0 spiro atoms. The van der Waals surface area contributed by atoms with E-state index in [1.807, 2.05) is 36.4 Å². The first-order valence-electron chi connectivity index (χ1n) is 16.4. The second-order valence-corrected chi connectivity index (χ2v) is 13.1. The number of nitrogens with one attached hydrogen (secondary N) is 2. The molecule has 11 nitrogen and oxygen atoms in total. The zero-order valence-corrected chi connectivity index (χ0v) is 25.9. The molecule has 5 aliphatic rings. The topological polar surface area (TPSA) is 98.3 Å². The Kier molecular flexibility index (Phi) is 7.68. The van der Waals surface area contributed by atoms with Gasteiger partial charge in [0.05, 0.1) is 24.4 Å². The Labute approximate surface area is 264 Å². The van der Waals surface area contributed by atoms with Crippen molar-refractivity contribution in [1.82, 2.24) is 14.9 Å². The minimum absolute atomic E-state index is 0.274. The molecule has 0 aliphatic carbocycles. The Balaban J connectivity index is 0.960. The quantitative estimate of drug-likeness (QED) is 0.424. The molecule has 5 aliphatic heterocycles. The molecule has 5 fully saturated rings. The lowest BCUT2D eigenvalue weighted by molar-refractivity contribution is 0.0299. The van der Waals surface area contributed by atoms with E-state index in [4.69, 9.17) is 19.4 Å². The summed E-state index contributed by atoms with van der Waals surface area (Å²) in [5.41, 5.74) is 3.56. The third kappa shape index (κ3) is 6.29. The van der Waals surface area contributed by atoms with Crippen LogP contribution in [-0.4, -0.2) is 105 Å². The van der Waals surface area contributed by atoms with Crippen LogP contribution in [0.1, 0.15) is 25.7 Å². The molecule has 0 saturated carbocycles. The molecular formula is C34H42N8O3. The van der Waals surface area contributed by atoms with E-state index in [9.17, 15) is 4.79 Å². The van der Waals surface area contributed by atoms with Crippen LogP contribution in [0.3, 0.4) is 0 Å². The zero-order valence-electron chi connectivity index (χ0n) is 25.9. The van der Waals surface area contributed by atoms with E-state index in [1.165, 1.54) is 5.69 Å². The lowest BCUT2D eigenvalue weighted by Gasteiger charge is -2.35. The number of likely N-dealkylation sites (N-methyl/N-ethyl adjacent to an activating group) is 1. The highest BCUT2D eigenvalue weighted by Gasteiger charge is 2.37. The second-order valence-electron chi connectivity index (χ2n) is 13.1. The Morgan fingerprint density at radius 1 is 0.667 bits per heavy atom. The van der Waals surface area contributed by atoms with E-state index in [1.54, 1.807) is 0 Å². The summed E-state index contributed by atoms with van der Waals surface area (Å²) in [6, 6.07) is 17.7. The molecule has 0 radical (unpaired) electrons. The highest BCUT2D eigenvalue weighted by atomic mass is 16.5. The maximum absolute atomic E-state index is 12.8. The van der Waals surface area contributed by atoms with Crippen molar-refractivity contribution in [2.24, 2.45) is 0 Å². The second kappa shape index (κ2) is 12.1. The Bertz CT molecular complexity index is 1440. The number of hydrogen-bond donors (Lipinski definition) is 2. The Hall–Kier alpha value is -3.93. The summed E-state index contributed by atoms with van der Waals surface area (Å²) in [5, 5.41) is 5.91. The first-order valence-corrected chi connectivity index (χ1v) is 16.4. The summed E-state index contributed by atoms with van der Waals surface area (Å²) in [4.78, 5) is 32.4. The average molecular weight is 611 g/mol. The monoisotopic (exact) mass is 610 g/mol. The van der Waals surface area contributed by atoms with Gasteiger partial charge >= 0.3 is 6.03 Å². The SMILES string of the molecule is CN1CCN(c2ccc(NC(=O)Nc3ccc(-c4nc(N5CC6CCC(C5)O6)cc(N5CC6CCC(C5)O6)n4)cc3)cc2)CC1. The van der Waals surface area contributed by atoms with Crippen LogP contribution in [0.25, 0.3) is 11.4 Å². The van der Waals surface area contributed by atoms with Crippen LogP contribution in [0.5, 0.6) is 0 Å². The predicted molar refractivity (Wildman–Crippen MR) is 176 cm³/mol. The lowest BCUT2D eigenvalue weighted by Crippen LogP contribution is -2.44. The van der Waals surface area contributed by atoms with Gasteiger partial charge in [0.1, 0.15) is 11.6 Å². The summed E-state index contributed by atoms with van der Waals surface area (Å²) >= 11 is 0. The number of piperazine rings is 1. The van der Waals surface area contributed by atoms with Crippen LogP contribution in [0.15, 0.2) is 54.6 Å². The van der Waals surface area contributed by atoms with Crippen molar-refractivity contribution in [2.75, 3.05) is 84.7 Å². The highest BCUT2D eigenvalue weighted by molar-refractivity contribution is 6.00. The third-order valence-electron chi connectivity index (χ3n) is 9.83. The fourth-order valence-electron chi connectivity index (χ4n) is 7.30. The van der Waals surface area contributed by atoms with Gasteiger partial charge in [-0.3, -0.25) is 0 Å². The number of ether oxygens (including phenoxy) is 2. The molecule has 8 rings (SSSR count). The van der Waals surface area contributed by atoms with E-state index in [-0.39, 0.29) is 30.4 Å². The molecule has 3 aromatic rings. The summed E-state index contributed by atoms with van der Waals surface area (Å²) < 4.78 is 12.2. The van der Waals surface area contributed by atoms with Gasteiger partial charge in [0.25, 0.3) is 0 Å². The smallest absolute Gasteiger partial charge is 0.323 e. The minimum Gasteiger partial charge on any atom is -0.371 e. The van der Waals surface area contributed by atoms with Gasteiger partial charge in [0.2, 0.25) is 0 Å². The van der Waals surface area contributed by atoms with Crippen LogP contribution in [0, 0.1) is 0 Å². The number of rotatable bonds is 6. The number of morpholine rings is 2. The fourth-order valence-corrected chi connectivity index (χ4v) is 7.30. The van der Waals surface area contributed by atoms with Crippen molar-refractivity contribution in [3.63, 3.8) is 0 Å². The van der Waals surface area contributed by atoms with Crippen molar-refractivity contribution >= 4 is 34.7 Å². The molecule has 45 heavy (non-hydrogen) atoms. The fraction of sp³-hybridized carbons (Fsp3) is 0.500. The molecule has 2 N–H and O–H groups in total. The number of fused-ring (bicyclic) bond motifs is 4. The van der Waals surface area contributed by atoms with Gasteiger partial charge < -0.3 is 39.7 Å². The molecule has 2 amide bonds. The number of aromatic nitrogens is 2. The van der Waals surface area contributed by atoms with E-state index in [0.717, 1.165) is 101 Å². The largest absolute Gasteiger partial charge is 0.371 e. The molecular weight excluding hydrogens is 568 g/mol. The van der Waals surface area contributed by atoms with Crippen LogP contribution in [0.4, 0.5) is 33.5 Å². The summed E-state index contributed by atoms with van der Waals surface area (Å²) in [7, 11) is 2.15. The van der Waals surface area contributed by atoms with Crippen LogP contribution in [0.2, 0.25) is 0 Å². The van der Waals surface area contributed by atoms with Crippen molar-refractivity contribution < 1.29 is 14.3 Å². The highest BCUT2D eigenvalue weighted by Crippen LogP contribution is 2.34. The van der Waals surface area contributed by atoms with E-state index in [0.29, 0.717) is 11.5 Å². The Morgan fingerprint density at radius 3 is 1.62 bits per heavy atom. The zero-order chi connectivity index (χ0) is 30.3. The molecule has 1 aromatic heterocycles. The van der Waals surface area contributed by atoms with Crippen molar-refractivity contribution in [1.29, 1.82) is 0 Å². The number of benzene rings is 2. The standard InChI is InChI=1S/C34H42N8O3/c1-39-14-16-40(17-15-39)26-8-6-25(7-9-26)36-34(43)35-24-4-2-23(3-5-24)33-37-31(41-19-27-10-11-28(20-41)44-27)18-32(38-33)42-21-29-12-13-30(22-42)45-29/h2-9,18,27-30H,10-17,19-22H2,1H3,(H2,35,36,43). The lowest BCUT2D eigenvalue weighted by atomic mass is 10.2. The molecule has 5 saturated heterocycles. The van der Waals surface area contributed by atoms with Gasteiger partial charge in [0.15, 0.2) is 5.82 Å². The summed E-state index contributed by atoms with van der Waals surface area (Å²) in [5.74, 6) is 2.60. The summed E-state index contributed by atoms with van der Waals surface area (Å²) in [6.07, 6.45) is 5.55.